The van der Waals surface area contributed by atoms with Gasteiger partial charge in [-0.25, -0.2) is 4.39 Å². The normalized spacial score (nSPS) is 19.9. The van der Waals surface area contributed by atoms with Gasteiger partial charge in [-0.2, -0.15) is 0 Å². The van der Waals surface area contributed by atoms with Gasteiger partial charge < -0.3 is 9.64 Å². The molecule has 1 fully saturated rings. The highest BCUT2D eigenvalue weighted by molar-refractivity contribution is 5.68. The van der Waals surface area contributed by atoms with Gasteiger partial charge in [0.15, 0.2) is 0 Å². The molecule has 0 aliphatic heterocycles. The molecule has 154 valence electrons. The van der Waals surface area contributed by atoms with E-state index in [4.69, 9.17) is 4.74 Å². The van der Waals surface area contributed by atoms with Crippen LogP contribution >= 0.6 is 0 Å². The van der Waals surface area contributed by atoms with Crippen molar-refractivity contribution < 1.29 is 13.9 Å². The molecule has 30 heavy (non-hydrogen) atoms. The van der Waals surface area contributed by atoms with Crippen LogP contribution in [0.25, 0.3) is 0 Å². The summed E-state index contributed by atoms with van der Waals surface area (Å²) in [6.07, 6.45) is 0.759. The lowest BCUT2D eigenvalue weighted by atomic mass is 10.0. The average Bonchev–Trinajstić information content (AvgIpc) is 3.38. The molecule has 4 heteroatoms. The van der Waals surface area contributed by atoms with E-state index in [0.29, 0.717) is 18.8 Å². The van der Waals surface area contributed by atoms with Gasteiger partial charge in [-0.05, 0) is 35.2 Å². The van der Waals surface area contributed by atoms with Gasteiger partial charge in [-0.3, -0.25) is 4.79 Å². The summed E-state index contributed by atoms with van der Waals surface area (Å²) in [6.45, 7) is 4.63. The van der Waals surface area contributed by atoms with E-state index in [-0.39, 0.29) is 17.7 Å². The minimum absolute atomic E-state index is 0.219. The molecule has 1 aliphatic carbocycles. The molecule has 0 radical (unpaired) electrons. The molecular formula is C26H26FNO2. The van der Waals surface area contributed by atoms with Gasteiger partial charge in [0.1, 0.15) is 11.4 Å². The molecule has 0 spiro atoms. The van der Waals surface area contributed by atoms with Gasteiger partial charge in [0, 0.05) is 25.9 Å². The second kappa shape index (κ2) is 8.31. The fourth-order valence-electron chi connectivity index (χ4n) is 4.11. The monoisotopic (exact) mass is 403 g/mol. The summed E-state index contributed by atoms with van der Waals surface area (Å²) in [5.41, 5.74) is 2.94. The van der Waals surface area contributed by atoms with Crippen molar-refractivity contribution in [2.45, 2.75) is 39.0 Å². The second-order valence-electron chi connectivity index (χ2n) is 8.08. The Morgan fingerprint density at radius 3 is 2.00 bits per heavy atom. The number of esters is 1. The maximum Gasteiger partial charge on any atom is 0.303 e. The van der Waals surface area contributed by atoms with E-state index in [1.54, 1.807) is 6.07 Å². The Bertz CT molecular complexity index is 980. The maximum atomic E-state index is 15.0. The van der Waals surface area contributed by atoms with Crippen LogP contribution in [0.15, 0.2) is 78.9 Å². The number of nitrogens with zero attached hydrogens (tertiary/aromatic N) is 1. The van der Waals surface area contributed by atoms with Crippen LogP contribution in [-0.4, -0.2) is 5.97 Å². The highest BCUT2D eigenvalue weighted by atomic mass is 19.1. The fraction of sp³-hybridized carbons (Fsp3) is 0.269. The minimum Gasteiger partial charge on any atom is -0.454 e. The van der Waals surface area contributed by atoms with Crippen LogP contribution in [-0.2, 0) is 28.2 Å². The number of benzene rings is 3. The summed E-state index contributed by atoms with van der Waals surface area (Å²) >= 11 is 0. The first-order chi connectivity index (χ1) is 14.5. The van der Waals surface area contributed by atoms with Gasteiger partial charge in [-0.1, -0.05) is 73.7 Å². The molecule has 0 heterocycles. The number of carbonyl (C=O) groups is 1. The van der Waals surface area contributed by atoms with Crippen LogP contribution in [0.4, 0.5) is 10.1 Å². The molecule has 0 amide bonds. The number of ether oxygens (including phenoxy) is 1. The topological polar surface area (TPSA) is 29.5 Å². The molecule has 0 aromatic heterocycles. The first-order valence-electron chi connectivity index (χ1n) is 10.3. The third kappa shape index (κ3) is 4.23. The van der Waals surface area contributed by atoms with Gasteiger partial charge in [0.25, 0.3) is 0 Å². The summed E-state index contributed by atoms with van der Waals surface area (Å²) in [7, 11) is 0. The quantitative estimate of drug-likeness (QED) is 0.465. The summed E-state index contributed by atoms with van der Waals surface area (Å²) in [5, 5.41) is 0. The van der Waals surface area contributed by atoms with E-state index < -0.39 is 5.60 Å². The number of hydrogen-bond acceptors (Lipinski definition) is 3. The summed E-state index contributed by atoms with van der Waals surface area (Å²) in [6, 6.07) is 25.2. The lowest BCUT2D eigenvalue weighted by molar-refractivity contribution is -0.150. The molecule has 0 saturated heterocycles. The van der Waals surface area contributed by atoms with Crippen LogP contribution in [0, 0.1) is 11.7 Å². The average molecular weight is 403 g/mol. The van der Waals surface area contributed by atoms with Gasteiger partial charge in [0.2, 0.25) is 0 Å². The molecule has 2 unspecified atom stereocenters. The predicted molar refractivity (Wildman–Crippen MR) is 116 cm³/mol. The van der Waals surface area contributed by atoms with Crippen molar-refractivity contribution in [3.8, 4) is 0 Å². The molecule has 4 rings (SSSR count). The van der Waals surface area contributed by atoms with E-state index in [0.717, 1.165) is 23.1 Å². The number of carbonyl (C=O) groups excluding carboxylic acids is 1. The summed E-state index contributed by atoms with van der Waals surface area (Å²) < 4.78 is 20.7. The number of anilines is 1. The molecular weight excluding hydrogens is 377 g/mol. The molecule has 1 saturated carbocycles. The third-order valence-corrected chi connectivity index (χ3v) is 5.78. The molecule has 3 nitrogen and oxygen atoms in total. The molecule has 1 aliphatic rings. The van der Waals surface area contributed by atoms with Crippen LogP contribution in [0.5, 0.6) is 0 Å². The molecule has 0 bridgehead atoms. The van der Waals surface area contributed by atoms with E-state index in [1.807, 2.05) is 71.6 Å². The molecule has 2 atom stereocenters. The Morgan fingerprint density at radius 2 is 1.53 bits per heavy atom. The fourth-order valence-corrected chi connectivity index (χ4v) is 4.11. The zero-order valence-electron chi connectivity index (χ0n) is 17.3. The van der Waals surface area contributed by atoms with Crippen molar-refractivity contribution in [2.75, 3.05) is 4.90 Å². The summed E-state index contributed by atoms with van der Waals surface area (Å²) in [4.78, 5) is 13.7. The Balaban J connectivity index is 1.71. The Kier molecular flexibility index (Phi) is 5.58. The highest BCUT2D eigenvalue weighted by Crippen LogP contribution is 2.55. The minimum atomic E-state index is -0.639. The Labute approximate surface area is 177 Å². The Morgan fingerprint density at radius 1 is 1.00 bits per heavy atom. The van der Waals surface area contributed by atoms with Crippen molar-refractivity contribution in [3.63, 3.8) is 0 Å². The Hall–Kier alpha value is -3.14. The van der Waals surface area contributed by atoms with E-state index in [2.05, 4.69) is 6.92 Å². The van der Waals surface area contributed by atoms with Gasteiger partial charge in [0.05, 0.1) is 5.69 Å². The zero-order chi connectivity index (χ0) is 21.1. The molecule has 0 N–H and O–H groups in total. The van der Waals surface area contributed by atoms with Crippen molar-refractivity contribution in [3.05, 3.63) is 101 Å². The van der Waals surface area contributed by atoms with Crippen LogP contribution in [0.3, 0.4) is 0 Å². The molecule has 3 aromatic carbocycles. The van der Waals surface area contributed by atoms with E-state index in [9.17, 15) is 4.79 Å². The third-order valence-electron chi connectivity index (χ3n) is 5.78. The number of hydrogen-bond donors (Lipinski definition) is 0. The van der Waals surface area contributed by atoms with Crippen molar-refractivity contribution >= 4 is 11.7 Å². The van der Waals surface area contributed by atoms with E-state index >= 15 is 4.39 Å². The zero-order valence-corrected chi connectivity index (χ0v) is 17.3. The smallest absolute Gasteiger partial charge is 0.303 e. The van der Waals surface area contributed by atoms with Gasteiger partial charge >= 0.3 is 5.97 Å². The summed E-state index contributed by atoms with van der Waals surface area (Å²) in [5.74, 6) is -0.371. The first-order valence-corrected chi connectivity index (χ1v) is 10.3. The standard InChI is InChI=1S/C26H26FNO2/c1-19-16-26(19,30-20(2)29)23-13-14-24(27)25(15-23)28(17-21-9-5-3-6-10-21)18-22-11-7-4-8-12-22/h3-15,19H,16-18H2,1-2H3. The number of halogens is 1. The van der Waals surface area contributed by atoms with Crippen LogP contribution in [0.1, 0.15) is 37.0 Å². The van der Waals surface area contributed by atoms with Crippen molar-refractivity contribution in [1.29, 1.82) is 0 Å². The van der Waals surface area contributed by atoms with Crippen LogP contribution in [0.2, 0.25) is 0 Å². The SMILES string of the molecule is CC(=O)OC1(c2ccc(F)c(N(Cc3ccccc3)Cc3ccccc3)c2)CC1C. The van der Waals surface area contributed by atoms with Crippen molar-refractivity contribution in [2.24, 2.45) is 5.92 Å². The largest absolute Gasteiger partial charge is 0.454 e. The lowest BCUT2D eigenvalue weighted by Crippen LogP contribution is -2.24. The molecule has 3 aromatic rings. The second-order valence-corrected chi connectivity index (χ2v) is 8.08. The van der Waals surface area contributed by atoms with Gasteiger partial charge in [-0.15, -0.1) is 0 Å². The van der Waals surface area contributed by atoms with E-state index in [1.165, 1.54) is 13.0 Å². The highest BCUT2D eigenvalue weighted by Gasteiger charge is 2.56. The lowest BCUT2D eigenvalue weighted by Gasteiger charge is -2.27. The maximum absolute atomic E-state index is 15.0. The number of rotatable bonds is 7. The first kappa shape index (κ1) is 20.1. The van der Waals surface area contributed by atoms with Crippen molar-refractivity contribution in [1.82, 2.24) is 0 Å². The van der Waals surface area contributed by atoms with Crippen LogP contribution < -0.4 is 4.90 Å². The predicted octanol–water partition coefficient (Wildman–Crippen LogP) is 5.83.